The Morgan fingerprint density at radius 2 is 1.96 bits per heavy atom. The summed E-state index contributed by atoms with van der Waals surface area (Å²) in [4.78, 5) is 14.7. The Morgan fingerprint density at radius 3 is 2.65 bits per heavy atom. The van der Waals surface area contributed by atoms with Crippen LogP contribution in [0, 0.1) is 0 Å². The lowest BCUT2D eigenvalue weighted by Gasteiger charge is -2.10. The Bertz CT molecular complexity index is 919. The van der Waals surface area contributed by atoms with Crippen molar-refractivity contribution in [3.05, 3.63) is 51.8 Å². The number of H-pyrrole nitrogens is 1. The summed E-state index contributed by atoms with van der Waals surface area (Å²) in [6.45, 7) is 4.14. The Hall–Kier alpha value is -2.49. The van der Waals surface area contributed by atoms with Crippen molar-refractivity contribution in [2.75, 3.05) is 0 Å². The molecule has 0 aliphatic carbocycles. The van der Waals surface area contributed by atoms with E-state index in [9.17, 15) is 9.90 Å². The average Bonchev–Trinajstić information content (AvgIpc) is 2.83. The van der Waals surface area contributed by atoms with Crippen LogP contribution in [0.5, 0.6) is 5.75 Å². The normalized spacial score (nSPS) is 11.3. The Labute approximate surface area is 135 Å². The molecule has 0 radical (unpaired) electrons. The highest BCUT2D eigenvalue weighted by molar-refractivity contribution is 5.87. The van der Waals surface area contributed by atoms with Crippen LogP contribution in [0.3, 0.4) is 0 Å². The van der Waals surface area contributed by atoms with Gasteiger partial charge in [-0.15, -0.1) is 0 Å². The van der Waals surface area contributed by atoms with Gasteiger partial charge >= 0.3 is 0 Å². The van der Waals surface area contributed by atoms with E-state index >= 15 is 0 Å². The highest BCUT2D eigenvalue weighted by Crippen LogP contribution is 2.31. The van der Waals surface area contributed by atoms with Crippen LogP contribution >= 0.6 is 0 Å². The first-order valence-electron chi connectivity index (χ1n) is 8.09. The van der Waals surface area contributed by atoms with Crippen molar-refractivity contribution < 1.29 is 5.11 Å². The number of nitrogens with one attached hydrogen (secondary N) is 1. The third-order valence-corrected chi connectivity index (χ3v) is 4.38. The molecule has 2 N–H and O–H groups in total. The molecule has 0 spiro atoms. The highest BCUT2D eigenvalue weighted by Gasteiger charge is 2.15. The topological polar surface area (TPSA) is 58.0 Å². The van der Waals surface area contributed by atoms with Crippen molar-refractivity contribution in [2.45, 2.75) is 33.1 Å². The van der Waals surface area contributed by atoms with Crippen LogP contribution in [0.25, 0.3) is 22.3 Å². The standard InChI is InChI=1S/C19H22N2O2/c1-4-6-12-7-8-15-13(9-12)10-16(21(15)3)19-14(5-2)17(22)11-18(23)20-19/h7-11H,4-6H2,1-3H3,(H2,20,22,23). The number of hydrogen-bond donors (Lipinski definition) is 2. The molecule has 2 heterocycles. The summed E-state index contributed by atoms with van der Waals surface area (Å²) < 4.78 is 2.06. The molecule has 1 aromatic carbocycles. The minimum absolute atomic E-state index is 0.0585. The minimum Gasteiger partial charge on any atom is -0.507 e. The van der Waals surface area contributed by atoms with Crippen LogP contribution in [-0.2, 0) is 19.9 Å². The van der Waals surface area contributed by atoms with Gasteiger partial charge < -0.3 is 14.7 Å². The van der Waals surface area contributed by atoms with Crippen molar-refractivity contribution in [3.63, 3.8) is 0 Å². The lowest BCUT2D eigenvalue weighted by Crippen LogP contribution is -2.09. The van der Waals surface area contributed by atoms with Gasteiger partial charge in [0.15, 0.2) is 0 Å². The number of pyridine rings is 1. The molecule has 0 aliphatic heterocycles. The first-order valence-corrected chi connectivity index (χ1v) is 8.09. The van der Waals surface area contributed by atoms with E-state index in [0.717, 1.165) is 35.0 Å². The predicted octanol–water partition coefficient (Wildman–Crippen LogP) is 3.75. The molecule has 120 valence electrons. The van der Waals surface area contributed by atoms with Gasteiger partial charge in [0, 0.05) is 29.6 Å². The van der Waals surface area contributed by atoms with Crippen molar-refractivity contribution in [2.24, 2.45) is 7.05 Å². The van der Waals surface area contributed by atoms with Crippen molar-refractivity contribution in [3.8, 4) is 17.1 Å². The fraction of sp³-hybridized carbons (Fsp3) is 0.316. The number of rotatable bonds is 4. The number of benzene rings is 1. The number of fused-ring (bicyclic) bond motifs is 1. The summed E-state index contributed by atoms with van der Waals surface area (Å²) >= 11 is 0. The molecule has 3 aromatic rings. The first-order chi connectivity index (χ1) is 11.0. The van der Waals surface area contributed by atoms with Gasteiger partial charge in [-0.2, -0.15) is 0 Å². The van der Waals surface area contributed by atoms with E-state index in [1.165, 1.54) is 11.6 Å². The molecule has 0 unspecified atom stereocenters. The smallest absolute Gasteiger partial charge is 0.252 e. The second-order valence-corrected chi connectivity index (χ2v) is 5.96. The molecule has 0 bridgehead atoms. The largest absolute Gasteiger partial charge is 0.507 e. The van der Waals surface area contributed by atoms with Crippen molar-refractivity contribution >= 4 is 10.9 Å². The number of hydrogen-bond acceptors (Lipinski definition) is 2. The molecule has 0 saturated heterocycles. The SMILES string of the molecule is CCCc1ccc2c(c1)cc(-c1[nH]c(=O)cc(O)c1CC)n2C. The van der Waals surface area contributed by atoms with E-state index in [0.29, 0.717) is 12.1 Å². The van der Waals surface area contributed by atoms with Crippen LogP contribution in [0.4, 0.5) is 0 Å². The molecule has 3 rings (SSSR count). The van der Waals surface area contributed by atoms with E-state index < -0.39 is 0 Å². The zero-order valence-electron chi connectivity index (χ0n) is 13.8. The van der Waals surface area contributed by atoms with Crippen LogP contribution in [0.2, 0.25) is 0 Å². The fourth-order valence-electron chi connectivity index (χ4n) is 3.23. The van der Waals surface area contributed by atoms with Gasteiger partial charge in [0.25, 0.3) is 5.56 Å². The molecular weight excluding hydrogens is 288 g/mol. The molecular formula is C19H22N2O2. The van der Waals surface area contributed by atoms with Crippen LogP contribution in [0.1, 0.15) is 31.4 Å². The van der Waals surface area contributed by atoms with Gasteiger partial charge in [0.1, 0.15) is 5.75 Å². The molecule has 2 aromatic heterocycles. The fourth-order valence-corrected chi connectivity index (χ4v) is 3.23. The monoisotopic (exact) mass is 310 g/mol. The maximum atomic E-state index is 11.8. The van der Waals surface area contributed by atoms with Crippen molar-refractivity contribution in [1.82, 2.24) is 9.55 Å². The van der Waals surface area contributed by atoms with E-state index in [1.54, 1.807) is 0 Å². The van der Waals surface area contributed by atoms with E-state index in [4.69, 9.17) is 0 Å². The Morgan fingerprint density at radius 1 is 1.17 bits per heavy atom. The average molecular weight is 310 g/mol. The predicted molar refractivity (Wildman–Crippen MR) is 94.0 cm³/mol. The molecule has 0 amide bonds. The summed E-state index contributed by atoms with van der Waals surface area (Å²) in [7, 11) is 1.99. The summed E-state index contributed by atoms with van der Waals surface area (Å²) in [5.74, 6) is 0.0585. The molecule has 23 heavy (non-hydrogen) atoms. The number of aromatic nitrogens is 2. The minimum atomic E-state index is -0.286. The zero-order chi connectivity index (χ0) is 16.6. The molecule has 4 heteroatoms. The van der Waals surface area contributed by atoms with Crippen LogP contribution in [0.15, 0.2) is 35.1 Å². The third kappa shape index (κ3) is 2.65. The first kappa shape index (κ1) is 15.4. The van der Waals surface area contributed by atoms with E-state index in [2.05, 4.69) is 40.7 Å². The Balaban J connectivity index is 2.25. The van der Waals surface area contributed by atoms with Crippen LogP contribution < -0.4 is 5.56 Å². The second kappa shape index (κ2) is 5.95. The van der Waals surface area contributed by atoms with Crippen LogP contribution in [-0.4, -0.2) is 14.7 Å². The lowest BCUT2D eigenvalue weighted by atomic mass is 10.1. The van der Waals surface area contributed by atoms with Crippen molar-refractivity contribution in [1.29, 1.82) is 0 Å². The number of nitrogens with zero attached hydrogens (tertiary/aromatic N) is 1. The van der Waals surface area contributed by atoms with Gasteiger partial charge in [-0.25, -0.2) is 0 Å². The van der Waals surface area contributed by atoms with Gasteiger partial charge in [0.2, 0.25) is 0 Å². The molecule has 4 nitrogen and oxygen atoms in total. The molecule has 0 atom stereocenters. The van der Waals surface area contributed by atoms with Gasteiger partial charge in [-0.05, 0) is 36.6 Å². The quantitative estimate of drug-likeness (QED) is 0.771. The number of aryl methyl sites for hydroxylation is 2. The van der Waals surface area contributed by atoms with Gasteiger partial charge in [-0.3, -0.25) is 4.79 Å². The maximum Gasteiger partial charge on any atom is 0.252 e. The summed E-state index contributed by atoms with van der Waals surface area (Å²) in [6, 6.07) is 9.80. The third-order valence-electron chi connectivity index (χ3n) is 4.38. The Kier molecular flexibility index (Phi) is 3.99. The zero-order valence-corrected chi connectivity index (χ0v) is 13.8. The number of aromatic amines is 1. The summed E-state index contributed by atoms with van der Waals surface area (Å²) in [5.41, 5.74) is 4.53. The molecule has 0 saturated carbocycles. The molecule has 0 aliphatic rings. The van der Waals surface area contributed by atoms with Gasteiger partial charge in [-0.1, -0.05) is 26.3 Å². The number of aromatic hydroxyl groups is 1. The maximum absolute atomic E-state index is 11.8. The molecule has 0 fully saturated rings. The van der Waals surface area contributed by atoms with E-state index in [1.807, 2.05) is 14.0 Å². The summed E-state index contributed by atoms with van der Waals surface area (Å²) in [5, 5.41) is 11.2. The second-order valence-electron chi connectivity index (χ2n) is 5.96. The van der Waals surface area contributed by atoms with Gasteiger partial charge in [0.05, 0.1) is 11.4 Å². The lowest BCUT2D eigenvalue weighted by molar-refractivity contribution is 0.467. The summed E-state index contributed by atoms with van der Waals surface area (Å²) in [6.07, 6.45) is 2.83. The van der Waals surface area contributed by atoms with E-state index in [-0.39, 0.29) is 11.3 Å². The highest BCUT2D eigenvalue weighted by atomic mass is 16.3.